The lowest BCUT2D eigenvalue weighted by Gasteiger charge is -2.21. The van der Waals surface area contributed by atoms with E-state index in [1.165, 1.54) is 0 Å². The third-order valence-electron chi connectivity index (χ3n) is 2.94. The van der Waals surface area contributed by atoms with Crippen LogP contribution in [0.4, 0.5) is 0 Å². The van der Waals surface area contributed by atoms with Gasteiger partial charge in [-0.1, -0.05) is 12.1 Å². The molecule has 0 aromatic heterocycles. The Hall–Kier alpha value is -1.55. The summed E-state index contributed by atoms with van der Waals surface area (Å²) in [5.41, 5.74) is 1.93. The van der Waals surface area contributed by atoms with Crippen molar-refractivity contribution in [2.24, 2.45) is 0 Å². The Kier molecular flexibility index (Phi) is 5.57. The Bertz CT molecular complexity index is 464. The summed E-state index contributed by atoms with van der Waals surface area (Å²) in [6, 6.07) is 6.23. The van der Waals surface area contributed by atoms with Gasteiger partial charge in [0.15, 0.2) is 6.61 Å². The monoisotopic (exact) mass is 278 g/mol. The molecule has 0 heterocycles. The van der Waals surface area contributed by atoms with E-state index in [0.717, 1.165) is 16.9 Å². The van der Waals surface area contributed by atoms with Gasteiger partial charge < -0.3 is 15.4 Å². The molecule has 0 aliphatic rings. The minimum atomic E-state index is -0.242. The zero-order valence-electron chi connectivity index (χ0n) is 13.3. The van der Waals surface area contributed by atoms with Gasteiger partial charge in [0, 0.05) is 17.1 Å². The first-order chi connectivity index (χ1) is 9.23. The molecule has 1 unspecified atom stereocenters. The summed E-state index contributed by atoms with van der Waals surface area (Å²) >= 11 is 0. The predicted molar refractivity (Wildman–Crippen MR) is 82.0 cm³/mol. The van der Waals surface area contributed by atoms with Crippen LogP contribution in [0, 0.1) is 6.92 Å². The lowest BCUT2D eigenvalue weighted by molar-refractivity contribution is -0.124. The fourth-order valence-corrected chi connectivity index (χ4v) is 1.88. The van der Waals surface area contributed by atoms with Gasteiger partial charge in [-0.05, 0) is 53.3 Å². The van der Waals surface area contributed by atoms with Crippen molar-refractivity contribution in [1.82, 2.24) is 10.6 Å². The first-order valence-corrected chi connectivity index (χ1v) is 6.94. The van der Waals surface area contributed by atoms with Crippen molar-refractivity contribution in [2.45, 2.75) is 46.2 Å². The molecule has 0 aliphatic heterocycles. The summed E-state index contributed by atoms with van der Waals surface area (Å²) < 4.78 is 5.70. The smallest absolute Gasteiger partial charge is 0.258 e. The summed E-state index contributed by atoms with van der Waals surface area (Å²) in [5.74, 6) is 0.651. The second-order valence-corrected chi connectivity index (χ2v) is 6.14. The second-order valence-electron chi connectivity index (χ2n) is 6.14. The number of hydrogen-bond acceptors (Lipinski definition) is 3. The summed E-state index contributed by atoms with van der Waals surface area (Å²) in [7, 11) is 1.90. The molecule has 0 spiro atoms. The number of rotatable bonds is 5. The number of nitrogens with one attached hydrogen (secondary N) is 2. The molecule has 4 heteroatoms. The highest BCUT2D eigenvalue weighted by atomic mass is 16.5. The van der Waals surface area contributed by atoms with Gasteiger partial charge in [-0.3, -0.25) is 4.79 Å². The van der Waals surface area contributed by atoms with Crippen molar-refractivity contribution >= 4 is 5.91 Å². The fourth-order valence-electron chi connectivity index (χ4n) is 1.88. The molecule has 2 N–H and O–H groups in total. The first kappa shape index (κ1) is 16.5. The molecule has 4 nitrogen and oxygen atoms in total. The highest BCUT2D eigenvalue weighted by Gasteiger charge is 2.16. The molecule has 0 bridgehead atoms. The first-order valence-electron chi connectivity index (χ1n) is 6.94. The Morgan fingerprint density at radius 3 is 2.55 bits per heavy atom. The lowest BCUT2D eigenvalue weighted by Crippen LogP contribution is -2.43. The van der Waals surface area contributed by atoms with Crippen LogP contribution in [0.2, 0.25) is 0 Å². The van der Waals surface area contributed by atoms with Crippen LogP contribution in [-0.2, 0) is 4.79 Å². The van der Waals surface area contributed by atoms with E-state index in [0.29, 0.717) is 0 Å². The van der Waals surface area contributed by atoms with Gasteiger partial charge in [-0.15, -0.1) is 0 Å². The number of hydrogen-bond donors (Lipinski definition) is 2. The van der Waals surface area contributed by atoms with Gasteiger partial charge in [-0.2, -0.15) is 0 Å². The van der Waals surface area contributed by atoms with Crippen LogP contribution in [0.1, 0.15) is 44.9 Å². The maximum Gasteiger partial charge on any atom is 0.258 e. The summed E-state index contributed by atoms with van der Waals surface area (Å²) in [6.45, 7) is 9.96. The Morgan fingerprint density at radius 1 is 1.35 bits per heavy atom. The zero-order valence-corrected chi connectivity index (χ0v) is 13.3. The molecule has 1 atom stereocenters. The lowest BCUT2D eigenvalue weighted by atomic mass is 10.1. The molecule has 0 fully saturated rings. The third-order valence-corrected chi connectivity index (χ3v) is 2.94. The van der Waals surface area contributed by atoms with E-state index in [1.807, 2.05) is 52.9 Å². The van der Waals surface area contributed by atoms with E-state index in [9.17, 15) is 4.79 Å². The fraction of sp³-hybridized carbons (Fsp3) is 0.562. The minimum Gasteiger partial charge on any atom is -0.483 e. The largest absolute Gasteiger partial charge is 0.483 e. The highest BCUT2D eigenvalue weighted by Crippen LogP contribution is 2.26. The molecule has 0 radical (unpaired) electrons. The molecule has 1 aromatic carbocycles. The molecule has 20 heavy (non-hydrogen) atoms. The molecular weight excluding hydrogens is 252 g/mol. The molecule has 1 amide bonds. The number of benzene rings is 1. The zero-order chi connectivity index (χ0) is 15.3. The summed E-state index contributed by atoms with van der Waals surface area (Å²) in [4.78, 5) is 11.8. The van der Waals surface area contributed by atoms with Crippen LogP contribution < -0.4 is 15.4 Å². The van der Waals surface area contributed by atoms with Crippen LogP contribution in [0.5, 0.6) is 5.75 Å². The number of ether oxygens (including phenoxy) is 1. The van der Waals surface area contributed by atoms with Gasteiger partial charge in [0.1, 0.15) is 5.75 Å². The van der Waals surface area contributed by atoms with E-state index >= 15 is 0 Å². The maximum absolute atomic E-state index is 11.8. The quantitative estimate of drug-likeness (QED) is 0.870. The standard InChI is InChI=1S/C16H26N2O2/c1-11-7-8-13(12(2)17-6)14(9-11)20-10-15(19)18-16(3,4)5/h7-9,12,17H,10H2,1-6H3,(H,18,19). The average Bonchev–Trinajstić information content (AvgIpc) is 2.33. The Labute approximate surface area is 121 Å². The van der Waals surface area contributed by atoms with Crippen molar-refractivity contribution in [3.8, 4) is 5.75 Å². The highest BCUT2D eigenvalue weighted by molar-refractivity contribution is 5.78. The third kappa shape index (κ3) is 5.21. The van der Waals surface area contributed by atoms with Crippen molar-refractivity contribution in [3.63, 3.8) is 0 Å². The van der Waals surface area contributed by atoms with Gasteiger partial charge in [0.25, 0.3) is 5.91 Å². The summed E-state index contributed by atoms with van der Waals surface area (Å²) in [5, 5.41) is 6.07. The molecule has 0 saturated heterocycles. The van der Waals surface area contributed by atoms with Crippen LogP contribution >= 0.6 is 0 Å². The molecule has 1 aromatic rings. The molecular formula is C16H26N2O2. The Balaban J connectivity index is 2.76. The van der Waals surface area contributed by atoms with E-state index in [1.54, 1.807) is 0 Å². The molecule has 0 saturated carbocycles. The summed E-state index contributed by atoms with van der Waals surface area (Å²) in [6.07, 6.45) is 0. The minimum absolute atomic E-state index is 0.0319. The second kappa shape index (κ2) is 6.75. The van der Waals surface area contributed by atoms with Gasteiger partial charge in [-0.25, -0.2) is 0 Å². The predicted octanol–water partition coefficient (Wildman–Crippen LogP) is 2.57. The normalized spacial score (nSPS) is 12.9. The SMILES string of the molecule is CNC(C)c1ccc(C)cc1OCC(=O)NC(C)(C)C. The van der Waals surface area contributed by atoms with E-state index in [2.05, 4.69) is 17.6 Å². The van der Waals surface area contributed by atoms with Crippen LogP contribution in [0.25, 0.3) is 0 Å². The number of carbonyl (C=O) groups excluding carboxylic acids is 1. The van der Waals surface area contributed by atoms with Crippen molar-refractivity contribution in [2.75, 3.05) is 13.7 Å². The van der Waals surface area contributed by atoms with Crippen molar-refractivity contribution < 1.29 is 9.53 Å². The molecule has 112 valence electrons. The van der Waals surface area contributed by atoms with Crippen LogP contribution in [0.3, 0.4) is 0 Å². The van der Waals surface area contributed by atoms with Gasteiger partial charge >= 0.3 is 0 Å². The maximum atomic E-state index is 11.8. The number of carbonyl (C=O) groups is 1. The number of amides is 1. The van der Waals surface area contributed by atoms with E-state index < -0.39 is 0 Å². The topological polar surface area (TPSA) is 50.4 Å². The van der Waals surface area contributed by atoms with Gasteiger partial charge in [0.2, 0.25) is 0 Å². The molecule has 0 aliphatic carbocycles. The van der Waals surface area contributed by atoms with Crippen LogP contribution in [0.15, 0.2) is 18.2 Å². The van der Waals surface area contributed by atoms with Gasteiger partial charge in [0.05, 0.1) is 0 Å². The van der Waals surface area contributed by atoms with Crippen molar-refractivity contribution in [3.05, 3.63) is 29.3 Å². The average molecular weight is 278 g/mol. The van der Waals surface area contributed by atoms with Crippen LogP contribution in [-0.4, -0.2) is 25.1 Å². The Morgan fingerprint density at radius 2 is 2.00 bits per heavy atom. The molecule has 1 rings (SSSR count). The number of aryl methyl sites for hydroxylation is 1. The van der Waals surface area contributed by atoms with Crippen molar-refractivity contribution in [1.29, 1.82) is 0 Å². The van der Waals surface area contributed by atoms with E-state index in [-0.39, 0.29) is 24.1 Å². The van der Waals surface area contributed by atoms with E-state index in [4.69, 9.17) is 4.74 Å².